The second-order valence-electron chi connectivity index (χ2n) is 8.10. The smallest absolute Gasteiger partial charge is 0.281 e. The Labute approximate surface area is 201 Å². The molecular formula is C25H24N4O6. The van der Waals surface area contributed by atoms with Crippen LogP contribution in [-0.2, 0) is 9.47 Å². The molecule has 0 aliphatic carbocycles. The fourth-order valence-electron chi connectivity index (χ4n) is 4.12. The zero-order valence-electron chi connectivity index (χ0n) is 19.2. The lowest BCUT2D eigenvalue weighted by Gasteiger charge is -2.45. The Kier molecular flexibility index (Phi) is 6.93. The van der Waals surface area contributed by atoms with E-state index in [4.69, 9.17) is 14.2 Å². The van der Waals surface area contributed by atoms with Crippen molar-refractivity contribution in [3.8, 4) is 11.8 Å². The molecule has 0 spiro atoms. The van der Waals surface area contributed by atoms with Crippen LogP contribution in [0.15, 0.2) is 65.5 Å². The third-order valence-electron chi connectivity index (χ3n) is 5.74. The van der Waals surface area contributed by atoms with E-state index in [2.05, 4.69) is 16.5 Å². The number of nitrogens with zero attached hydrogens (tertiary/aromatic N) is 3. The standard InChI is InChI=1S/C25H24N4O6/c1-33-14-25(15-34-2)23(31)22(18-12-16(13-26)8-9-19(18)35-25)27-20-10-11-21(30)29(28-20)24(32)17-6-4-3-5-7-17/h3-12,22-23,31H,14-15H2,1-2H3,(H,27,28)/t22-,23+/m1/s1. The fraction of sp³-hybridized carbons (Fsp3) is 0.280. The van der Waals surface area contributed by atoms with E-state index < -0.39 is 29.2 Å². The van der Waals surface area contributed by atoms with Crippen LogP contribution in [-0.4, -0.2) is 59.9 Å². The fourth-order valence-corrected chi connectivity index (χ4v) is 4.12. The predicted octanol–water partition coefficient (Wildman–Crippen LogP) is 1.74. The number of carbonyl (C=O) groups is 1. The molecule has 2 atom stereocenters. The first-order valence-electron chi connectivity index (χ1n) is 10.8. The first-order chi connectivity index (χ1) is 16.9. The molecule has 35 heavy (non-hydrogen) atoms. The first kappa shape index (κ1) is 24.1. The number of hydrogen-bond donors (Lipinski definition) is 2. The van der Waals surface area contributed by atoms with Crippen LogP contribution in [0.1, 0.15) is 27.5 Å². The maximum absolute atomic E-state index is 12.9. The van der Waals surface area contributed by atoms with Crippen molar-refractivity contribution < 1.29 is 24.1 Å². The zero-order chi connectivity index (χ0) is 25.0. The number of methoxy groups -OCH3 is 2. The van der Waals surface area contributed by atoms with Crippen molar-refractivity contribution in [2.75, 3.05) is 32.8 Å². The Hall–Kier alpha value is -4.04. The molecule has 0 saturated carbocycles. The number of anilines is 1. The topological polar surface area (TPSA) is 136 Å². The van der Waals surface area contributed by atoms with Gasteiger partial charge in [0.05, 0.1) is 30.9 Å². The van der Waals surface area contributed by atoms with E-state index in [0.29, 0.717) is 22.4 Å². The molecule has 2 N–H and O–H groups in total. The summed E-state index contributed by atoms with van der Waals surface area (Å²) in [5.74, 6) is -0.00138. The van der Waals surface area contributed by atoms with Crippen LogP contribution in [0.2, 0.25) is 0 Å². The molecular weight excluding hydrogens is 452 g/mol. The number of aliphatic hydroxyl groups is 1. The highest BCUT2D eigenvalue weighted by atomic mass is 16.6. The largest absolute Gasteiger partial charge is 0.479 e. The lowest BCUT2D eigenvalue weighted by atomic mass is 9.84. The van der Waals surface area contributed by atoms with Gasteiger partial charge in [-0.2, -0.15) is 9.94 Å². The molecule has 3 aromatic rings. The van der Waals surface area contributed by atoms with Crippen molar-refractivity contribution in [2.24, 2.45) is 0 Å². The number of benzene rings is 2. The van der Waals surface area contributed by atoms with Gasteiger partial charge in [-0.3, -0.25) is 9.59 Å². The molecule has 1 aliphatic heterocycles. The van der Waals surface area contributed by atoms with Gasteiger partial charge in [0.25, 0.3) is 11.5 Å². The van der Waals surface area contributed by atoms with E-state index in [1.54, 1.807) is 48.5 Å². The summed E-state index contributed by atoms with van der Waals surface area (Å²) in [5, 5.41) is 28.1. The molecule has 0 bridgehead atoms. The van der Waals surface area contributed by atoms with Crippen molar-refractivity contribution in [2.45, 2.75) is 17.7 Å². The van der Waals surface area contributed by atoms with Gasteiger partial charge in [0.2, 0.25) is 0 Å². The minimum absolute atomic E-state index is 0.0129. The summed E-state index contributed by atoms with van der Waals surface area (Å²) in [4.78, 5) is 25.3. The van der Waals surface area contributed by atoms with Crippen molar-refractivity contribution in [1.82, 2.24) is 9.78 Å². The Morgan fingerprint density at radius 2 is 1.89 bits per heavy atom. The van der Waals surface area contributed by atoms with Gasteiger partial charge in [0.1, 0.15) is 17.7 Å². The first-order valence-corrected chi connectivity index (χ1v) is 10.8. The zero-order valence-corrected chi connectivity index (χ0v) is 19.2. The molecule has 0 unspecified atom stereocenters. The molecule has 1 aliphatic rings. The maximum atomic E-state index is 12.9. The lowest BCUT2D eigenvalue weighted by Crippen LogP contribution is -2.60. The third kappa shape index (κ3) is 4.65. The summed E-state index contributed by atoms with van der Waals surface area (Å²) in [5.41, 5.74) is -0.690. The summed E-state index contributed by atoms with van der Waals surface area (Å²) in [6.07, 6.45) is -1.21. The summed E-state index contributed by atoms with van der Waals surface area (Å²) in [7, 11) is 2.97. The van der Waals surface area contributed by atoms with Gasteiger partial charge in [0, 0.05) is 31.4 Å². The Morgan fingerprint density at radius 3 is 2.54 bits per heavy atom. The Bertz CT molecular complexity index is 1310. The molecule has 0 amide bonds. The maximum Gasteiger partial charge on any atom is 0.281 e. The summed E-state index contributed by atoms with van der Waals surface area (Å²) in [6.45, 7) is 0.0259. The Balaban J connectivity index is 1.76. The predicted molar refractivity (Wildman–Crippen MR) is 125 cm³/mol. The van der Waals surface area contributed by atoms with Gasteiger partial charge >= 0.3 is 0 Å². The minimum Gasteiger partial charge on any atom is -0.479 e. The lowest BCUT2D eigenvalue weighted by molar-refractivity contribution is -0.142. The number of nitriles is 1. The molecule has 180 valence electrons. The molecule has 1 aromatic heterocycles. The van der Waals surface area contributed by atoms with Crippen molar-refractivity contribution in [3.05, 3.63) is 87.7 Å². The molecule has 0 radical (unpaired) electrons. The van der Waals surface area contributed by atoms with Gasteiger partial charge in [0.15, 0.2) is 5.60 Å². The monoisotopic (exact) mass is 476 g/mol. The SMILES string of the molecule is COCC1(COC)Oc2ccc(C#N)cc2[C@@H](Nc2ccc(=O)n(C(=O)c3ccccc3)n2)[C@@H]1O. The Morgan fingerprint density at radius 1 is 1.17 bits per heavy atom. The number of ether oxygens (including phenoxy) is 3. The second kappa shape index (κ2) is 10.1. The van der Waals surface area contributed by atoms with E-state index in [-0.39, 0.29) is 19.0 Å². The van der Waals surface area contributed by atoms with Crippen LogP contribution in [0.3, 0.4) is 0 Å². The normalized spacial score (nSPS) is 18.1. The highest BCUT2D eigenvalue weighted by molar-refractivity contribution is 5.95. The van der Waals surface area contributed by atoms with E-state index in [1.165, 1.54) is 26.4 Å². The average molecular weight is 476 g/mol. The van der Waals surface area contributed by atoms with Crippen LogP contribution < -0.4 is 15.6 Å². The number of carbonyl (C=O) groups excluding carboxylic acids is 1. The molecule has 0 saturated heterocycles. The van der Waals surface area contributed by atoms with Crippen LogP contribution in [0.5, 0.6) is 5.75 Å². The highest BCUT2D eigenvalue weighted by Crippen LogP contribution is 2.42. The summed E-state index contributed by atoms with van der Waals surface area (Å²) < 4.78 is 17.6. The van der Waals surface area contributed by atoms with Gasteiger partial charge in [-0.15, -0.1) is 5.10 Å². The van der Waals surface area contributed by atoms with Crippen LogP contribution in [0.4, 0.5) is 5.82 Å². The van der Waals surface area contributed by atoms with Crippen LogP contribution >= 0.6 is 0 Å². The molecule has 2 heterocycles. The van der Waals surface area contributed by atoms with E-state index in [9.17, 15) is 20.0 Å². The summed E-state index contributed by atoms with van der Waals surface area (Å²) in [6, 6.07) is 17.0. The van der Waals surface area contributed by atoms with Crippen molar-refractivity contribution in [3.63, 3.8) is 0 Å². The number of aliphatic hydroxyl groups excluding tert-OH is 1. The molecule has 2 aromatic carbocycles. The number of hydrogen-bond acceptors (Lipinski definition) is 9. The second-order valence-corrected chi connectivity index (χ2v) is 8.10. The van der Waals surface area contributed by atoms with Gasteiger partial charge in [-0.25, -0.2) is 0 Å². The average Bonchev–Trinajstić information content (AvgIpc) is 2.88. The minimum atomic E-state index is -1.27. The van der Waals surface area contributed by atoms with Crippen LogP contribution in [0.25, 0.3) is 0 Å². The van der Waals surface area contributed by atoms with Crippen molar-refractivity contribution in [1.29, 1.82) is 5.26 Å². The van der Waals surface area contributed by atoms with Gasteiger partial charge in [-0.1, -0.05) is 18.2 Å². The third-order valence-corrected chi connectivity index (χ3v) is 5.74. The quantitative estimate of drug-likeness (QED) is 0.523. The van der Waals surface area contributed by atoms with Gasteiger partial charge < -0.3 is 24.6 Å². The molecule has 0 fully saturated rings. The summed E-state index contributed by atoms with van der Waals surface area (Å²) >= 11 is 0. The number of nitrogens with one attached hydrogen (secondary N) is 1. The van der Waals surface area contributed by atoms with Crippen molar-refractivity contribution >= 4 is 11.7 Å². The van der Waals surface area contributed by atoms with E-state index in [1.807, 2.05) is 0 Å². The van der Waals surface area contributed by atoms with Gasteiger partial charge in [-0.05, 0) is 36.4 Å². The molecule has 4 rings (SSSR count). The number of rotatable bonds is 7. The molecule has 10 nitrogen and oxygen atoms in total. The van der Waals surface area contributed by atoms with Crippen LogP contribution in [0, 0.1) is 11.3 Å². The van der Waals surface area contributed by atoms with E-state index in [0.717, 1.165) is 4.68 Å². The molecule has 10 heteroatoms. The number of aromatic nitrogens is 2. The number of fused-ring (bicyclic) bond motifs is 1. The van der Waals surface area contributed by atoms with E-state index >= 15 is 0 Å². The highest BCUT2D eigenvalue weighted by Gasteiger charge is 2.50.